The first-order valence-electron chi connectivity index (χ1n) is 9.13. The van der Waals surface area contributed by atoms with Crippen LogP contribution in [0.15, 0.2) is 65.1 Å². The van der Waals surface area contributed by atoms with Crippen molar-refractivity contribution in [1.29, 1.82) is 0 Å². The second-order valence-electron chi connectivity index (χ2n) is 6.70. The average Bonchev–Trinajstić information content (AvgIpc) is 2.73. The van der Waals surface area contributed by atoms with E-state index in [-0.39, 0.29) is 11.7 Å². The molecule has 1 aliphatic heterocycles. The Bertz CT molecular complexity index is 1080. The molecule has 4 rings (SSSR count). The molecule has 0 saturated heterocycles. The molecule has 0 unspecified atom stereocenters. The lowest BCUT2D eigenvalue weighted by atomic mass is 10.0. The second-order valence-corrected chi connectivity index (χ2v) is 7.61. The van der Waals surface area contributed by atoms with Crippen LogP contribution >= 0.6 is 15.9 Å². The summed E-state index contributed by atoms with van der Waals surface area (Å²) in [5.41, 5.74) is 2.81. The first-order chi connectivity index (χ1) is 14.0. The summed E-state index contributed by atoms with van der Waals surface area (Å²) >= 11 is 3.37. The monoisotopic (exact) mass is 451 g/mol. The van der Waals surface area contributed by atoms with Crippen molar-refractivity contribution in [3.63, 3.8) is 0 Å². The van der Waals surface area contributed by atoms with Gasteiger partial charge >= 0.3 is 0 Å². The standard InChI is InChI=1S/C23H18BrNO4/c1-14-2-4-16(5-3-14)23(27)25-19-13-21-20(28-10-11-29-21)12-18(19)22(26)15-6-8-17(24)9-7-15/h2-9,12-13H,10-11H2,1H3,(H,25,27). The number of aryl methyl sites for hydroxylation is 1. The Morgan fingerprint density at radius 3 is 2.10 bits per heavy atom. The predicted octanol–water partition coefficient (Wildman–Crippen LogP) is 5.01. The molecule has 0 aliphatic carbocycles. The zero-order valence-corrected chi connectivity index (χ0v) is 17.3. The van der Waals surface area contributed by atoms with E-state index >= 15 is 0 Å². The number of carbonyl (C=O) groups is 2. The molecule has 3 aromatic carbocycles. The highest BCUT2D eigenvalue weighted by Crippen LogP contribution is 2.37. The van der Waals surface area contributed by atoms with E-state index in [4.69, 9.17) is 9.47 Å². The normalized spacial score (nSPS) is 12.3. The molecular formula is C23H18BrNO4. The molecule has 6 heteroatoms. The van der Waals surface area contributed by atoms with Crippen LogP contribution in [0.3, 0.4) is 0 Å². The highest BCUT2D eigenvalue weighted by Gasteiger charge is 2.22. The lowest BCUT2D eigenvalue weighted by Crippen LogP contribution is -2.19. The van der Waals surface area contributed by atoms with Crippen molar-refractivity contribution in [2.45, 2.75) is 6.92 Å². The van der Waals surface area contributed by atoms with Crippen molar-refractivity contribution in [3.8, 4) is 11.5 Å². The van der Waals surface area contributed by atoms with E-state index in [0.717, 1.165) is 10.0 Å². The maximum Gasteiger partial charge on any atom is 0.255 e. The van der Waals surface area contributed by atoms with Crippen LogP contribution in [0.4, 0.5) is 5.69 Å². The molecule has 0 fully saturated rings. The minimum absolute atomic E-state index is 0.214. The van der Waals surface area contributed by atoms with E-state index in [0.29, 0.717) is 47.1 Å². The highest BCUT2D eigenvalue weighted by atomic mass is 79.9. The summed E-state index contributed by atoms with van der Waals surface area (Å²) in [7, 11) is 0. The summed E-state index contributed by atoms with van der Waals surface area (Å²) in [5.74, 6) is 0.480. The fraction of sp³-hybridized carbons (Fsp3) is 0.130. The number of hydrogen-bond donors (Lipinski definition) is 1. The van der Waals surface area contributed by atoms with Gasteiger partial charge in [0.25, 0.3) is 5.91 Å². The Kier molecular flexibility index (Phi) is 5.36. The number of ether oxygens (including phenoxy) is 2. The van der Waals surface area contributed by atoms with Gasteiger partial charge in [0.1, 0.15) is 13.2 Å². The van der Waals surface area contributed by atoms with Gasteiger partial charge in [-0.2, -0.15) is 0 Å². The molecule has 0 atom stereocenters. The van der Waals surface area contributed by atoms with Crippen molar-refractivity contribution in [2.75, 3.05) is 18.5 Å². The number of hydrogen-bond acceptors (Lipinski definition) is 4. The van der Waals surface area contributed by atoms with Crippen LogP contribution in [-0.2, 0) is 0 Å². The second kappa shape index (κ2) is 8.09. The van der Waals surface area contributed by atoms with Crippen molar-refractivity contribution >= 4 is 33.3 Å². The van der Waals surface area contributed by atoms with E-state index in [1.807, 2.05) is 19.1 Å². The van der Waals surface area contributed by atoms with Gasteiger partial charge in [-0.15, -0.1) is 0 Å². The smallest absolute Gasteiger partial charge is 0.255 e. The summed E-state index contributed by atoms with van der Waals surface area (Å²) < 4.78 is 12.1. The van der Waals surface area contributed by atoms with Crippen LogP contribution in [0.5, 0.6) is 11.5 Å². The number of halogens is 1. The van der Waals surface area contributed by atoms with Gasteiger partial charge < -0.3 is 14.8 Å². The first-order valence-corrected chi connectivity index (χ1v) is 9.92. The van der Waals surface area contributed by atoms with Crippen molar-refractivity contribution in [2.24, 2.45) is 0 Å². The molecule has 0 radical (unpaired) electrons. The lowest BCUT2D eigenvalue weighted by Gasteiger charge is -2.21. The number of carbonyl (C=O) groups excluding carboxylic acids is 2. The molecule has 1 heterocycles. The van der Waals surface area contributed by atoms with Crippen molar-refractivity contribution in [1.82, 2.24) is 0 Å². The molecule has 5 nitrogen and oxygen atoms in total. The number of benzene rings is 3. The molecule has 1 aliphatic rings. The largest absolute Gasteiger partial charge is 0.486 e. The maximum atomic E-state index is 13.2. The molecule has 0 aromatic heterocycles. The Morgan fingerprint density at radius 1 is 0.862 bits per heavy atom. The van der Waals surface area contributed by atoms with Gasteiger partial charge in [0, 0.05) is 21.7 Å². The summed E-state index contributed by atoms with van der Waals surface area (Å²) in [6.07, 6.45) is 0. The number of anilines is 1. The number of rotatable bonds is 4. The van der Waals surface area contributed by atoms with Crippen LogP contribution < -0.4 is 14.8 Å². The number of amides is 1. The van der Waals surface area contributed by atoms with E-state index in [1.54, 1.807) is 48.5 Å². The minimum Gasteiger partial charge on any atom is -0.486 e. The molecule has 29 heavy (non-hydrogen) atoms. The molecule has 3 aromatic rings. The van der Waals surface area contributed by atoms with Gasteiger partial charge in [-0.25, -0.2) is 0 Å². The van der Waals surface area contributed by atoms with Crippen molar-refractivity contribution in [3.05, 3.63) is 87.4 Å². The fourth-order valence-electron chi connectivity index (χ4n) is 3.04. The molecule has 146 valence electrons. The minimum atomic E-state index is -0.300. The third kappa shape index (κ3) is 4.17. The fourth-order valence-corrected chi connectivity index (χ4v) is 3.30. The predicted molar refractivity (Wildman–Crippen MR) is 114 cm³/mol. The van der Waals surface area contributed by atoms with Crippen LogP contribution in [0.25, 0.3) is 0 Å². The van der Waals surface area contributed by atoms with Gasteiger partial charge in [-0.1, -0.05) is 33.6 Å². The lowest BCUT2D eigenvalue weighted by molar-refractivity contribution is 0.102. The molecule has 0 bridgehead atoms. The number of fused-ring (bicyclic) bond motifs is 1. The van der Waals surface area contributed by atoms with E-state index in [2.05, 4.69) is 21.2 Å². The zero-order valence-electron chi connectivity index (χ0n) is 15.7. The summed E-state index contributed by atoms with van der Waals surface area (Å²) in [4.78, 5) is 25.9. The maximum absolute atomic E-state index is 13.2. The Morgan fingerprint density at radius 2 is 1.45 bits per heavy atom. The summed E-state index contributed by atoms with van der Waals surface area (Å²) in [6, 6.07) is 17.6. The third-order valence-electron chi connectivity index (χ3n) is 4.60. The van der Waals surface area contributed by atoms with Crippen LogP contribution in [0.1, 0.15) is 31.8 Å². The van der Waals surface area contributed by atoms with Crippen molar-refractivity contribution < 1.29 is 19.1 Å². The Labute approximate surface area is 176 Å². The number of nitrogens with one attached hydrogen (secondary N) is 1. The number of ketones is 1. The van der Waals surface area contributed by atoms with Gasteiger partial charge in [0.05, 0.1) is 11.3 Å². The topological polar surface area (TPSA) is 64.6 Å². The van der Waals surface area contributed by atoms with Gasteiger partial charge in [-0.3, -0.25) is 9.59 Å². The van der Waals surface area contributed by atoms with Gasteiger partial charge in [0.2, 0.25) is 0 Å². The molecule has 0 spiro atoms. The third-order valence-corrected chi connectivity index (χ3v) is 5.12. The van der Waals surface area contributed by atoms with Gasteiger partial charge in [-0.05, 0) is 49.4 Å². The van der Waals surface area contributed by atoms with E-state index in [9.17, 15) is 9.59 Å². The summed E-state index contributed by atoms with van der Waals surface area (Å²) in [6.45, 7) is 2.78. The Balaban J connectivity index is 1.72. The van der Waals surface area contributed by atoms with Gasteiger partial charge in [0.15, 0.2) is 17.3 Å². The zero-order chi connectivity index (χ0) is 20.4. The highest BCUT2D eigenvalue weighted by molar-refractivity contribution is 9.10. The van der Waals surface area contributed by atoms with Crippen LogP contribution in [0, 0.1) is 6.92 Å². The van der Waals surface area contributed by atoms with E-state index < -0.39 is 0 Å². The Hall–Kier alpha value is -3.12. The first kappa shape index (κ1) is 19.2. The summed E-state index contributed by atoms with van der Waals surface area (Å²) in [5, 5.41) is 2.85. The molecule has 0 saturated carbocycles. The quantitative estimate of drug-likeness (QED) is 0.566. The van der Waals surface area contributed by atoms with E-state index in [1.165, 1.54) is 0 Å². The molecule has 1 N–H and O–H groups in total. The molecule has 1 amide bonds. The van der Waals surface area contributed by atoms with Crippen LogP contribution in [0.2, 0.25) is 0 Å². The average molecular weight is 452 g/mol. The molecular weight excluding hydrogens is 434 g/mol. The van der Waals surface area contributed by atoms with Crippen LogP contribution in [-0.4, -0.2) is 24.9 Å². The SMILES string of the molecule is Cc1ccc(C(=O)Nc2cc3c(cc2C(=O)c2ccc(Br)cc2)OCCO3)cc1.